The van der Waals surface area contributed by atoms with Crippen LogP contribution in [0.1, 0.15) is 19.8 Å². The summed E-state index contributed by atoms with van der Waals surface area (Å²) in [6, 6.07) is 6.71. The number of rotatable bonds is 7. The molecule has 2 rings (SSSR count). The zero-order valence-corrected chi connectivity index (χ0v) is 13.7. The summed E-state index contributed by atoms with van der Waals surface area (Å²) in [6.07, 6.45) is 1.85. The molecule has 0 radical (unpaired) electrons. The highest BCUT2D eigenvalue weighted by Crippen LogP contribution is 2.22. The van der Waals surface area contributed by atoms with Crippen LogP contribution in [-0.2, 0) is 10.0 Å². The number of nitrogens with one attached hydrogen (secondary N) is 1. The zero-order valence-electron chi connectivity index (χ0n) is 12.9. The molecule has 130 valence electrons. The Hall–Kier alpha value is -2.22. The Morgan fingerprint density at radius 3 is 2.17 bits per heavy atom. The second kappa shape index (κ2) is 7.57. The predicted molar refractivity (Wildman–Crippen MR) is 84.0 cm³/mol. The number of anilines is 1. The van der Waals surface area contributed by atoms with Crippen LogP contribution in [0, 0.1) is 17.5 Å². The highest BCUT2D eigenvalue weighted by Gasteiger charge is 2.17. The molecule has 0 aromatic heterocycles. The van der Waals surface area contributed by atoms with Gasteiger partial charge in [0.1, 0.15) is 5.75 Å². The van der Waals surface area contributed by atoms with Gasteiger partial charge < -0.3 is 4.74 Å². The van der Waals surface area contributed by atoms with Crippen molar-refractivity contribution in [1.29, 1.82) is 0 Å². The van der Waals surface area contributed by atoms with E-state index in [2.05, 4.69) is 0 Å². The van der Waals surface area contributed by atoms with Crippen LogP contribution in [0.5, 0.6) is 5.75 Å². The van der Waals surface area contributed by atoms with E-state index in [9.17, 15) is 21.6 Å². The molecule has 0 aliphatic heterocycles. The van der Waals surface area contributed by atoms with Crippen LogP contribution < -0.4 is 9.46 Å². The number of benzene rings is 2. The normalized spacial score (nSPS) is 11.3. The molecule has 0 heterocycles. The highest BCUT2D eigenvalue weighted by atomic mass is 32.2. The van der Waals surface area contributed by atoms with Crippen molar-refractivity contribution >= 4 is 15.7 Å². The number of unbranched alkanes of at least 4 members (excludes halogenated alkanes) is 1. The van der Waals surface area contributed by atoms with E-state index in [0.29, 0.717) is 24.5 Å². The summed E-state index contributed by atoms with van der Waals surface area (Å²) in [5, 5.41) is 0. The number of hydrogen-bond acceptors (Lipinski definition) is 3. The summed E-state index contributed by atoms with van der Waals surface area (Å²) in [6.45, 7) is 2.54. The van der Waals surface area contributed by atoms with E-state index in [1.807, 2.05) is 11.6 Å². The lowest BCUT2D eigenvalue weighted by atomic mass is 10.3. The quantitative estimate of drug-likeness (QED) is 0.599. The predicted octanol–water partition coefficient (Wildman–Crippen LogP) is 4.08. The van der Waals surface area contributed by atoms with Gasteiger partial charge in [-0.1, -0.05) is 13.3 Å². The maximum Gasteiger partial charge on any atom is 0.261 e. The fourth-order valence-electron chi connectivity index (χ4n) is 1.88. The van der Waals surface area contributed by atoms with Gasteiger partial charge in [-0.05, 0) is 30.7 Å². The molecule has 24 heavy (non-hydrogen) atoms. The van der Waals surface area contributed by atoms with E-state index in [-0.39, 0.29) is 4.90 Å². The number of sulfonamides is 1. The van der Waals surface area contributed by atoms with E-state index < -0.39 is 33.2 Å². The molecule has 0 atom stereocenters. The van der Waals surface area contributed by atoms with Gasteiger partial charge in [-0.3, -0.25) is 4.72 Å². The summed E-state index contributed by atoms with van der Waals surface area (Å²) in [5.41, 5.74) is -0.408. The van der Waals surface area contributed by atoms with Crippen molar-refractivity contribution in [1.82, 2.24) is 0 Å². The van der Waals surface area contributed by atoms with Gasteiger partial charge in [0.15, 0.2) is 17.5 Å². The third-order valence-electron chi connectivity index (χ3n) is 3.14. The standard InChI is InChI=1S/C16H16F3NO3S/c1-2-3-8-23-12-4-6-13(7-5-12)24(21,22)20-11-9-14(17)16(19)15(18)10-11/h4-7,9-10,20H,2-3,8H2,1H3. The third kappa shape index (κ3) is 4.41. The molecule has 2 aromatic carbocycles. The molecule has 0 amide bonds. The van der Waals surface area contributed by atoms with Gasteiger partial charge in [0, 0.05) is 12.1 Å². The first-order valence-corrected chi connectivity index (χ1v) is 8.72. The van der Waals surface area contributed by atoms with Crippen molar-refractivity contribution in [2.45, 2.75) is 24.7 Å². The maximum atomic E-state index is 13.2. The van der Waals surface area contributed by atoms with Crippen molar-refractivity contribution in [3.8, 4) is 5.75 Å². The Morgan fingerprint density at radius 2 is 1.62 bits per heavy atom. The van der Waals surface area contributed by atoms with E-state index in [4.69, 9.17) is 4.74 Å². The molecule has 0 aliphatic rings. The molecule has 0 spiro atoms. The maximum absolute atomic E-state index is 13.2. The smallest absolute Gasteiger partial charge is 0.261 e. The second-order valence-electron chi connectivity index (χ2n) is 5.03. The Labute approximate surface area is 138 Å². The fraction of sp³-hybridized carbons (Fsp3) is 0.250. The summed E-state index contributed by atoms with van der Waals surface area (Å²) in [7, 11) is -4.06. The van der Waals surface area contributed by atoms with Crippen molar-refractivity contribution in [2.75, 3.05) is 11.3 Å². The summed E-state index contributed by atoms with van der Waals surface area (Å²) < 4.78 is 71.0. The van der Waals surface area contributed by atoms with Gasteiger partial charge in [0.05, 0.1) is 17.2 Å². The monoisotopic (exact) mass is 359 g/mol. The van der Waals surface area contributed by atoms with Crippen LogP contribution in [-0.4, -0.2) is 15.0 Å². The third-order valence-corrected chi connectivity index (χ3v) is 4.53. The van der Waals surface area contributed by atoms with E-state index in [1.165, 1.54) is 24.3 Å². The molecule has 0 bridgehead atoms. The molecule has 8 heteroatoms. The summed E-state index contributed by atoms with van der Waals surface area (Å²) >= 11 is 0. The molecule has 2 aromatic rings. The molecule has 1 N–H and O–H groups in total. The molecule has 4 nitrogen and oxygen atoms in total. The zero-order chi connectivity index (χ0) is 17.7. The van der Waals surface area contributed by atoms with Crippen LogP contribution >= 0.6 is 0 Å². The van der Waals surface area contributed by atoms with Crippen molar-refractivity contribution in [2.24, 2.45) is 0 Å². The SMILES string of the molecule is CCCCOc1ccc(S(=O)(=O)Nc2cc(F)c(F)c(F)c2)cc1. The molecular weight excluding hydrogens is 343 g/mol. The van der Waals surface area contributed by atoms with Crippen LogP contribution in [0.25, 0.3) is 0 Å². The second-order valence-corrected chi connectivity index (χ2v) is 6.72. The molecule has 0 aliphatic carbocycles. The minimum Gasteiger partial charge on any atom is -0.494 e. The Balaban J connectivity index is 2.15. The van der Waals surface area contributed by atoms with Gasteiger partial charge >= 0.3 is 0 Å². The largest absolute Gasteiger partial charge is 0.494 e. The van der Waals surface area contributed by atoms with E-state index >= 15 is 0 Å². The van der Waals surface area contributed by atoms with Gasteiger partial charge in [0.25, 0.3) is 10.0 Å². The number of hydrogen-bond donors (Lipinski definition) is 1. The first-order valence-electron chi connectivity index (χ1n) is 7.23. The lowest BCUT2D eigenvalue weighted by molar-refractivity contribution is 0.309. The summed E-state index contributed by atoms with van der Waals surface area (Å²) in [5.74, 6) is -4.10. The lowest BCUT2D eigenvalue weighted by Crippen LogP contribution is -2.13. The minimum atomic E-state index is -4.06. The Kier molecular flexibility index (Phi) is 5.71. The molecule has 0 fully saturated rings. The van der Waals surface area contributed by atoms with Gasteiger partial charge in [-0.2, -0.15) is 0 Å². The highest BCUT2D eigenvalue weighted by molar-refractivity contribution is 7.92. The first-order chi connectivity index (χ1) is 11.3. The van der Waals surface area contributed by atoms with Crippen LogP contribution in [0.4, 0.5) is 18.9 Å². The van der Waals surface area contributed by atoms with E-state index in [1.54, 1.807) is 0 Å². The van der Waals surface area contributed by atoms with Crippen LogP contribution in [0.2, 0.25) is 0 Å². The van der Waals surface area contributed by atoms with Gasteiger partial charge in [0.2, 0.25) is 0 Å². The average molecular weight is 359 g/mol. The van der Waals surface area contributed by atoms with Crippen molar-refractivity contribution in [3.63, 3.8) is 0 Å². The average Bonchev–Trinajstić information content (AvgIpc) is 2.53. The molecule has 0 saturated heterocycles. The Bertz CT molecular complexity index is 785. The van der Waals surface area contributed by atoms with E-state index in [0.717, 1.165) is 12.8 Å². The summed E-state index contributed by atoms with van der Waals surface area (Å²) in [4.78, 5) is -0.115. The molecular formula is C16H16F3NO3S. The van der Waals surface area contributed by atoms with Gasteiger partial charge in [-0.15, -0.1) is 0 Å². The topological polar surface area (TPSA) is 55.4 Å². The van der Waals surface area contributed by atoms with Crippen molar-refractivity contribution < 1.29 is 26.3 Å². The first kappa shape index (κ1) is 18.1. The Morgan fingerprint density at radius 1 is 1.04 bits per heavy atom. The van der Waals surface area contributed by atoms with Gasteiger partial charge in [-0.25, -0.2) is 21.6 Å². The number of halogens is 3. The fourth-order valence-corrected chi connectivity index (χ4v) is 2.92. The molecule has 0 unspecified atom stereocenters. The minimum absolute atomic E-state index is 0.115. The number of ether oxygens (including phenoxy) is 1. The van der Waals surface area contributed by atoms with Crippen molar-refractivity contribution in [3.05, 3.63) is 53.8 Å². The van der Waals surface area contributed by atoms with Crippen LogP contribution in [0.3, 0.4) is 0 Å². The van der Waals surface area contributed by atoms with Crippen LogP contribution in [0.15, 0.2) is 41.3 Å². The lowest BCUT2D eigenvalue weighted by Gasteiger charge is -2.10. The molecule has 0 saturated carbocycles.